The predicted molar refractivity (Wildman–Crippen MR) is 60.7 cm³/mol. The molecule has 0 aliphatic carbocycles. The predicted octanol–water partition coefficient (Wildman–Crippen LogP) is 3.43. The van der Waals surface area contributed by atoms with Gasteiger partial charge in [-0.25, -0.2) is 4.39 Å². The van der Waals surface area contributed by atoms with E-state index in [-0.39, 0.29) is 5.82 Å². The summed E-state index contributed by atoms with van der Waals surface area (Å²) < 4.78 is 13.7. The van der Waals surface area contributed by atoms with Crippen LogP contribution >= 0.6 is 15.9 Å². The average Bonchev–Trinajstić information content (AvgIpc) is 2.19. The Labute approximate surface area is 93.0 Å². The van der Waals surface area contributed by atoms with Crippen molar-refractivity contribution in [2.24, 2.45) is 0 Å². The molecule has 0 saturated carbocycles. The number of benzene rings is 1. The van der Waals surface area contributed by atoms with Gasteiger partial charge in [0.25, 0.3) is 0 Å². The lowest BCUT2D eigenvalue weighted by Crippen LogP contribution is -2.22. The summed E-state index contributed by atoms with van der Waals surface area (Å²) in [4.78, 5) is 2.25. The molecule has 0 amide bonds. The summed E-state index contributed by atoms with van der Waals surface area (Å²) in [6.07, 6.45) is 0. The van der Waals surface area contributed by atoms with Gasteiger partial charge in [0.05, 0.1) is 4.47 Å². The van der Waals surface area contributed by atoms with E-state index in [0.29, 0.717) is 4.47 Å². The highest BCUT2D eigenvalue weighted by Crippen LogP contribution is 2.17. The Bertz CT molecular complexity index is 297. The summed E-state index contributed by atoms with van der Waals surface area (Å²) in [6, 6.07) is 5.29. The molecule has 0 saturated heterocycles. The molecule has 78 valence electrons. The van der Waals surface area contributed by atoms with E-state index in [1.165, 1.54) is 0 Å². The minimum absolute atomic E-state index is 0.186. The summed E-state index contributed by atoms with van der Waals surface area (Å²) in [5.74, 6) is -0.186. The molecule has 0 radical (unpaired) electrons. The van der Waals surface area contributed by atoms with Crippen molar-refractivity contribution < 1.29 is 4.39 Å². The lowest BCUT2D eigenvalue weighted by atomic mass is 10.2. The molecule has 0 N–H and O–H groups in total. The topological polar surface area (TPSA) is 3.24 Å². The fourth-order valence-corrected chi connectivity index (χ4v) is 1.59. The minimum atomic E-state index is -0.186. The van der Waals surface area contributed by atoms with E-state index in [2.05, 4.69) is 34.7 Å². The van der Waals surface area contributed by atoms with Gasteiger partial charge >= 0.3 is 0 Å². The summed E-state index contributed by atoms with van der Waals surface area (Å²) in [6.45, 7) is 7.02. The molecule has 0 aliphatic heterocycles. The summed E-state index contributed by atoms with van der Waals surface area (Å²) in [5.41, 5.74) is 1.02. The third kappa shape index (κ3) is 3.07. The standard InChI is InChI=1S/C11H15BrFN/c1-3-14(4-2)8-9-5-6-10(12)11(13)7-9/h5-7H,3-4,8H2,1-2H3. The Balaban J connectivity index is 2.72. The molecular formula is C11H15BrFN. The Morgan fingerprint density at radius 3 is 2.43 bits per heavy atom. The number of rotatable bonds is 4. The molecule has 0 spiro atoms. The van der Waals surface area contributed by atoms with Gasteiger partial charge in [0.2, 0.25) is 0 Å². The van der Waals surface area contributed by atoms with Crippen LogP contribution in [-0.4, -0.2) is 18.0 Å². The highest BCUT2D eigenvalue weighted by molar-refractivity contribution is 9.10. The number of hydrogen-bond donors (Lipinski definition) is 0. The number of hydrogen-bond acceptors (Lipinski definition) is 1. The van der Waals surface area contributed by atoms with Crippen molar-refractivity contribution in [3.8, 4) is 0 Å². The van der Waals surface area contributed by atoms with Crippen molar-refractivity contribution >= 4 is 15.9 Å². The largest absolute Gasteiger partial charge is 0.300 e. The molecule has 0 aliphatic rings. The van der Waals surface area contributed by atoms with Crippen LogP contribution < -0.4 is 0 Å². The van der Waals surface area contributed by atoms with Gasteiger partial charge in [-0.05, 0) is 46.7 Å². The zero-order valence-corrected chi connectivity index (χ0v) is 10.1. The fourth-order valence-electron chi connectivity index (χ4n) is 1.34. The van der Waals surface area contributed by atoms with Crippen molar-refractivity contribution in [3.05, 3.63) is 34.1 Å². The van der Waals surface area contributed by atoms with E-state index >= 15 is 0 Å². The van der Waals surface area contributed by atoms with Crippen LogP contribution in [0.15, 0.2) is 22.7 Å². The highest BCUT2D eigenvalue weighted by atomic mass is 79.9. The van der Waals surface area contributed by atoms with Gasteiger partial charge in [-0.3, -0.25) is 4.90 Å². The first-order valence-corrected chi connectivity index (χ1v) is 5.63. The zero-order valence-electron chi connectivity index (χ0n) is 8.56. The van der Waals surface area contributed by atoms with Crippen molar-refractivity contribution in [2.45, 2.75) is 20.4 Å². The van der Waals surface area contributed by atoms with Gasteiger partial charge in [-0.2, -0.15) is 0 Å². The molecule has 0 heterocycles. The molecule has 0 bridgehead atoms. The maximum atomic E-state index is 13.2. The van der Waals surface area contributed by atoms with Crippen LogP contribution in [0.2, 0.25) is 0 Å². The summed E-state index contributed by atoms with van der Waals surface area (Å²) in [5, 5.41) is 0. The Morgan fingerprint density at radius 1 is 1.29 bits per heavy atom. The van der Waals surface area contributed by atoms with E-state index in [1.807, 2.05) is 6.07 Å². The maximum absolute atomic E-state index is 13.2. The number of nitrogens with zero attached hydrogens (tertiary/aromatic N) is 1. The molecule has 0 unspecified atom stereocenters. The van der Waals surface area contributed by atoms with Crippen LogP contribution in [0, 0.1) is 5.82 Å². The second kappa shape index (κ2) is 5.47. The molecule has 14 heavy (non-hydrogen) atoms. The van der Waals surface area contributed by atoms with Crippen molar-refractivity contribution in [1.82, 2.24) is 4.90 Å². The van der Waals surface area contributed by atoms with Gasteiger partial charge in [0.15, 0.2) is 0 Å². The Morgan fingerprint density at radius 2 is 1.93 bits per heavy atom. The molecule has 1 rings (SSSR count). The smallest absolute Gasteiger partial charge is 0.137 e. The molecule has 0 aromatic heterocycles. The van der Waals surface area contributed by atoms with Crippen molar-refractivity contribution in [3.63, 3.8) is 0 Å². The Kier molecular flexibility index (Phi) is 4.55. The molecule has 1 aromatic carbocycles. The molecule has 0 atom stereocenters. The van der Waals surface area contributed by atoms with Crippen molar-refractivity contribution in [2.75, 3.05) is 13.1 Å². The molecule has 1 aromatic rings. The average molecular weight is 260 g/mol. The van der Waals surface area contributed by atoms with Gasteiger partial charge in [-0.1, -0.05) is 19.9 Å². The molecule has 3 heteroatoms. The van der Waals surface area contributed by atoms with Crippen LogP contribution in [0.3, 0.4) is 0 Å². The lowest BCUT2D eigenvalue weighted by molar-refractivity contribution is 0.295. The fraction of sp³-hybridized carbons (Fsp3) is 0.455. The van der Waals surface area contributed by atoms with Gasteiger partial charge in [0, 0.05) is 6.54 Å². The lowest BCUT2D eigenvalue weighted by Gasteiger charge is -2.17. The van der Waals surface area contributed by atoms with Crippen LogP contribution in [0.4, 0.5) is 4.39 Å². The monoisotopic (exact) mass is 259 g/mol. The van der Waals surface area contributed by atoms with Crippen LogP contribution in [0.25, 0.3) is 0 Å². The minimum Gasteiger partial charge on any atom is -0.300 e. The van der Waals surface area contributed by atoms with E-state index in [4.69, 9.17) is 0 Å². The first kappa shape index (κ1) is 11.7. The quantitative estimate of drug-likeness (QED) is 0.801. The maximum Gasteiger partial charge on any atom is 0.137 e. The van der Waals surface area contributed by atoms with E-state index in [0.717, 1.165) is 25.2 Å². The van der Waals surface area contributed by atoms with E-state index < -0.39 is 0 Å². The molecule has 0 fully saturated rings. The summed E-state index contributed by atoms with van der Waals surface area (Å²) >= 11 is 3.14. The van der Waals surface area contributed by atoms with Gasteiger partial charge in [0.1, 0.15) is 5.82 Å². The highest BCUT2D eigenvalue weighted by Gasteiger charge is 2.04. The zero-order chi connectivity index (χ0) is 10.6. The first-order valence-electron chi connectivity index (χ1n) is 4.83. The van der Waals surface area contributed by atoms with Crippen LogP contribution in [0.1, 0.15) is 19.4 Å². The van der Waals surface area contributed by atoms with Crippen LogP contribution in [-0.2, 0) is 6.54 Å². The SMILES string of the molecule is CCN(CC)Cc1ccc(Br)c(F)c1. The first-order chi connectivity index (χ1) is 6.67. The normalized spacial score (nSPS) is 10.9. The van der Waals surface area contributed by atoms with Crippen molar-refractivity contribution in [1.29, 1.82) is 0 Å². The second-order valence-corrected chi connectivity index (χ2v) is 4.06. The third-order valence-corrected chi connectivity index (χ3v) is 2.93. The third-order valence-electron chi connectivity index (χ3n) is 2.28. The molecule has 1 nitrogen and oxygen atoms in total. The van der Waals surface area contributed by atoms with E-state index in [1.54, 1.807) is 12.1 Å². The van der Waals surface area contributed by atoms with Gasteiger partial charge < -0.3 is 0 Å². The van der Waals surface area contributed by atoms with Crippen LogP contribution in [0.5, 0.6) is 0 Å². The van der Waals surface area contributed by atoms with E-state index in [9.17, 15) is 4.39 Å². The molecular weight excluding hydrogens is 245 g/mol. The Hall–Kier alpha value is -0.410. The van der Waals surface area contributed by atoms with Gasteiger partial charge in [-0.15, -0.1) is 0 Å². The number of halogens is 2. The summed E-state index contributed by atoms with van der Waals surface area (Å²) in [7, 11) is 0. The second-order valence-electron chi connectivity index (χ2n) is 3.21.